The Labute approximate surface area is 182 Å². The number of nitriles is 2. The number of alkyl halides is 3. The Morgan fingerprint density at radius 1 is 1.12 bits per heavy atom. The minimum Gasteiger partial charge on any atom is -0.449 e. The molecule has 2 heterocycles. The molecule has 0 aliphatic heterocycles. The van der Waals surface area contributed by atoms with Crippen LogP contribution in [0.2, 0.25) is 5.02 Å². The molecule has 1 aromatic carbocycles. The molecule has 0 saturated carbocycles. The van der Waals surface area contributed by atoms with Crippen molar-refractivity contribution >= 4 is 11.6 Å². The molecule has 0 unspecified atom stereocenters. The third kappa shape index (κ3) is 4.61. The van der Waals surface area contributed by atoms with Crippen molar-refractivity contribution in [3.8, 4) is 23.6 Å². The number of benzene rings is 1. The summed E-state index contributed by atoms with van der Waals surface area (Å²) in [4.78, 5) is 27.9. The second-order valence-electron chi connectivity index (χ2n) is 6.33. The fourth-order valence-electron chi connectivity index (χ4n) is 2.68. The van der Waals surface area contributed by atoms with Crippen molar-refractivity contribution < 1.29 is 17.9 Å². The fourth-order valence-corrected chi connectivity index (χ4v) is 2.91. The maximum absolute atomic E-state index is 13.5. The molecule has 0 saturated heterocycles. The molecule has 32 heavy (non-hydrogen) atoms. The number of nitrogens with zero attached hydrogens (tertiary/aromatic N) is 6. The molecule has 2 aromatic heterocycles. The van der Waals surface area contributed by atoms with Crippen LogP contribution in [0, 0.1) is 22.7 Å². The van der Waals surface area contributed by atoms with Gasteiger partial charge in [0, 0.05) is 12.1 Å². The highest BCUT2D eigenvalue weighted by molar-refractivity contribution is 6.30. The lowest BCUT2D eigenvalue weighted by atomic mass is 10.2. The van der Waals surface area contributed by atoms with Gasteiger partial charge in [0.05, 0.1) is 30.2 Å². The number of aryl methyl sites for hydroxylation is 1. The second-order valence-corrected chi connectivity index (χ2v) is 6.77. The Hall–Kier alpha value is -4.16. The van der Waals surface area contributed by atoms with Gasteiger partial charge in [-0.15, -0.1) is 0 Å². The number of hydrogen-bond acceptors (Lipinski definition) is 7. The lowest BCUT2D eigenvalue weighted by Crippen LogP contribution is -2.29. The molecule has 3 aromatic rings. The molecule has 0 aliphatic rings. The van der Waals surface area contributed by atoms with Crippen LogP contribution in [0.25, 0.3) is 0 Å². The summed E-state index contributed by atoms with van der Waals surface area (Å²) in [6.07, 6.45) is -4.37. The third-order valence-corrected chi connectivity index (χ3v) is 4.27. The van der Waals surface area contributed by atoms with Crippen LogP contribution in [0.15, 0.2) is 40.2 Å². The van der Waals surface area contributed by atoms with Crippen molar-refractivity contribution in [3.05, 3.63) is 78.8 Å². The van der Waals surface area contributed by atoms with E-state index in [0.29, 0.717) is 6.33 Å². The summed E-state index contributed by atoms with van der Waals surface area (Å²) in [7, 11) is 1.28. The highest BCUT2D eigenvalue weighted by Gasteiger charge is 2.38. The first-order chi connectivity index (χ1) is 15.0. The zero-order chi connectivity index (χ0) is 23.6. The lowest BCUT2D eigenvalue weighted by molar-refractivity contribution is -0.142. The predicted octanol–water partition coefficient (Wildman–Crippen LogP) is 2.59. The predicted molar refractivity (Wildman–Crippen MR) is 103 cm³/mol. The number of ether oxygens (including phenoxy) is 1. The number of aromatic nitrogens is 4. The Kier molecular flexibility index (Phi) is 6.00. The molecule has 13 heteroatoms. The van der Waals surface area contributed by atoms with Crippen LogP contribution in [0.4, 0.5) is 13.2 Å². The summed E-state index contributed by atoms with van der Waals surface area (Å²) in [6.45, 7) is -0.401. The molecule has 0 spiro atoms. The van der Waals surface area contributed by atoms with E-state index in [2.05, 4.69) is 10.1 Å². The molecule has 3 rings (SSSR count). The summed E-state index contributed by atoms with van der Waals surface area (Å²) in [6, 6.07) is 8.06. The standard InChI is InChI=1S/C19H10ClF3N6O3/c1-28-17(30)11(7-25)4-13(27-28)8-29-9-26-16(19(21,22)23)15(18(29)31)32-14-3-10(6-24)2-12(20)5-14/h2-5,9H,8H2,1H3. The van der Waals surface area contributed by atoms with Gasteiger partial charge in [-0.05, 0) is 24.3 Å². The summed E-state index contributed by atoms with van der Waals surface area (Å²) < 4.78 is 47.2. The maximum atomic E-state index is 13.5. The van der Waals surface area contributed by atoms with Crippen LogP contribution < -0.4 is 15.9 Å². The summed E-state index contributed by atoms with van der Waals surface area (Å²) in [5.41, 5.74) is -3.67. The Morgan fingerprint density at radius 2 is 1.84 bits per heavy atom. The molecule has 0 fully saturated rings. The third-order valence-electron chi connectivity index (χ3n) is 4.05. The molecular formula is C19H10ClF3N6O3. The quantitative estimate of drug-likeness (QED) is 0.583. The molecular weight excluding hydrogens is 453 g/mol. The van der Waals surface area contributed by atoms with Gasteiger partial charge in [-0.1, -0.05) is 11.6 Å². The van der Waals surface area contributed by atoms with Gasteiger partial charge in [-0.25, -0.2) is 9.67 Å². The molecule has 0 radical (unpaired) electrons. The summed E-state index contributed by atoms with van der Waals surface area (Å²) in [5, 5.41) is 21.9. The van der Waals surface area contributed by atoms with E-state index in [-0.39, 0.29) is 27.6 Å². The van der Waals surface area contributed by atoms with Crippen molar-refractivity contribution in [1.29, 1.82) is 10.5 Å². The smallest absolute Gasteiger partial charge is 0.437 e. The fraction of sp³-hybridized carbons (Fsp3) is 0.158. The van der Waals surface area contributed by atoms with Gasteiger partial charge in [-0.2, -0.15) is 28.8 Å². The zero-order valence-corrected chi connectivity index (χ0v) is 16.8. The topological polar surface area (TPSA) is 127 Å². The van der Waals surface area contributed by atoms with Gasteiger partial charge in [0.25, 0.3) is 11.1 Å². The van der Waals surface area contributed by atoms with Gasteiger partial charge >= 0.3 is 6.18 Å². The molecule has 162 valence electrons. The molecule has 0 N–H and O–H groups in total. The molecule has 0 aliphatic carbocycles. The van der Waals surface area contributed by atoms with Gasteiger partial charge in [-0.3, -0.25) is 14.2 Å². The Balaban J connectivity index is 2.12. The van der Waals surface area contributed by atoms with E-state index in [9.17, 15) is 22.8 Å². The number of hydrogen-bond donors (Lipinski definition) is 0. The summed E-state index contributed by atoms with van der Waals surface area (Å²) >= 11 is 5.84. The van der Waals surface area contributed by atoms with Gasteiger partial charge in [0.15, 0.2) is 5.69 Å². The van der Waals surface area contributed by atoms with Gasteiger partial charge < -0.3 is 4.74 Å². The van der Waals surface area contributed by atoms with Crippen molar-refractivity contribution in [2.45, 2.75) is 12.7 Å². The van der Waals surface area contributed by atoms with E-state index >= 15 is 0 Å². The van der Waals surface area contributed by atoms with Crippen LogP contribution in [-0.2, 0) is 19.8 Å². The van der Waals surface area contributed by atoms with Crippen molar-refractivity contribution in [2.24, 2.45) is 7.05 Å². The van der Waals surface area contributed by atoms with Crippen LogP contribution in [0.1, 0.15) is 22.5 Å². The first-order valence-electron chi connectivity index (χ1n) is 8.56. The highest BCUT2D eigenvalue weighted by atomic mass is 35.5. The molecule has 0 bridgehead atoms. The zero-order valence-electron chi connectivity index (χ0n) is 16.0. The minimum absolute atomic E-state index is 0.00344. The average Bonchev–Trinajstić information content (AvgIpc) is 2.72. The highest BCUT2D eigenvalue weighted by Crippen LogP contribution is 2.35. The van der Waals surface area contributed by atoms with Crippen LogP contribution in [-0.4, -0.2) is 19.3 Å². The Bertz CT molecular complexity index is 1420. The van der Waals surface area contributed by atoms with Crippen LogP contribution in [0.5, 0.6) is 11.5 Å². The van der Waals surface area contributed by atoms with Crippen molar-refractivity contribution in [3.63, 3.8) is 0 Å². The number of rotatable bonds is 4. The van der Waals surface area contributed by atoms with E-state index in [1.165, 1.54) is 13.1 Å². The van der Waals surface area contributed by atoms with E-state index in [1.54, 1.807) is 12.1 Å². The average molecular weight is 463 g/mol. The normalized spacial score (nSPS) is 11.0. The van der Waals surface area contributed by atoms with Crippen LogP contribution >= 0.6 is 11.6 Å². The Morgan fingerprint density at radius 3 is 2.47 bits per heavy atom. The number of halogens is 4. The molecule has 9 nitrogen and oxygen atoms in total. The van der Waals surface area contributed by atoms with Crippen LogP contribution in [0.3, 0.4) is 0 Å². The molecule has 0 amide bonds. The van der Waals surface area contributed by atoms with E-state index < -0.39 is 35.3 Å². The van der Waals surface area contributed by atoms with E-state index in [1.807, 2.05) is 0 Å². The van der Waals surface area contributed by atoms with Gasteiger partial charge in [0.2, 0.25) is 5.75 Å². The second kappa shape index (κ2) is 8.53. The first kappa shape index (κ1) is 22.5. The summed E-state index contributed by atoms with van der Waals surface area (Å²) in [5.74, 6) is -1.42. The maximum Gasteiger partial charge on any atom is 0.437 e. The minimum atomic E-state index is -5.02. The van der Waals surface area contributed by atoms with Gasteiger partial charge in [0.1, 0.15) is 17.4 Å². The largest absolute Gasteiger partial charge is 0.449 e. The monoisotopic (exact) mass is 462 g/mol. The first-order valence-corrected chi connectivity index (χ1v) is 8.93. The van der Waals surface area contributed by atoms with E-state index in [0.717, 1.165) is 27.4 Å². The molecule has 0 atom stereocenters. The lowest BCUT2D eigenvalue weighted by Gasteiger charge is -2.15. The SMILES string of the molecule is Cn1nc(Cn2cnc(C(F)(F)F)c(Oc3cc(Cl)cc(C#N)c3)c2=O)cc(C#N)c1=O. The van der Waals surface area contributed by atoms with Crippen molar-refractivity contribution in [1.82, 2.24) is 19.3 Å². The van der Waals surface area contributed by atoms with Crippen molar-refractivity contribution in [2.75, 3.05) is 0 Å². The van der Waals surface area contributed by atoms with E-state index in [4.69, 9.17) is 26.9 Å².